The first-order chi connectivity index (χ1) is 18.1. The molecule has 0 spiro atoms. The number of pyridine rings is 1. The summed E-state index contributed by atoms with van der Waals surface area (Å²) in [5.41, 5.74) is 6.29. The van der Waals surface area contributed by atoms with Crippen LogP contribution in [0.1, 0.15) is 34.4 Å². The van der Waals surface area contributed by atoms with Gasteiger partial charge in [0.05, 0.1) is 37.0 Å². The van der Waals surface area contributed by atoms with E-state index in [4.69, 9.17) is 22.2 Å². The van der Waals surface area contributed by atoms with Crippen molar-refractivity contribution in [2.24, 2.45) is 0 Å². The first-order valence-electron chi connectivity index (χ1n) is 12.2. The minimum Gasteiger partial charge on any atom is -0.481 e. The summed E-state index contributed by atoms with van der Waals surface area (Å²) >= 11 is 5.82. The zero-order valence-corrected chi connectivity index (χ0v) is 21.9. The van der Waals surface area contributed by atoms with Crippen LogP contribution in [0.2, 0.25) is 0 Å². The molecular weight excluding hydrogens is 480 g/mol. The van der Waals surface area contributed by atoms with Crippen LogP contribution in [-0.4, -0.2) is 33.3 Å². The number of aromatic nitrogens is 3. The molecule has 0 aliphatic heterocycles. The van der Waals surface area contributed by atoms with E-state index < -0.39 is 0 Å². The molecule has 4 aromatic rings. The molecule has 0 atom stereocenters. The summed E-state index contributed by atoms with van der Waals surface area (Å²) in [6.45, 7) is 4.19. The Morgan fingerprint density at radius 2 is 1.92 bits per heavy atom. The van der Waals surface area contributed by atoms with Crippen LogP contribution in [0.15, 0.2) is 79.4 Å². The molecule has 4 rings (SSSR count). The number of ether oxygens (including phenoxy) is 1. The number of anilines is 1. The van der Waals surface area contributed by atoms with E-state index in [1.54, 1.807) is 13.3 Å². The highest BCUT2D eigenvalue weighted by atomic mass is 32.1. The second-order valence-corrected chi connectivity index (χ2v) is 9.11. The van der Waals surface area contributed by atoms with Crippen LogP contribution in [0.3, 0.4) is 0 Å². The molecule has 0 saturated heterocycles. The van der Waals surface area contributed by atoms with E-state index in [9.17, 15) is 0 Å². The first kappa shape index (κ1) is 25.9. The summed E-state index contributed by atoms with van der Waals surface area (Å²) < 4.78 is 7.38. The van der Waals surface area contributed by atoms with Crippen LogP contribution in [0, 0.1) is 18.3 Å². The number of methoxy groups -OCH3 is 1. The fourth-order valence-electron chi connectivity index (χ4n) is 4.07. The van der Waals surface area contributed by atoms with Gasteiger partial charge in [-0.2, -0.15) is 5.26 Å². The summed E-state index contributed by atoms with van der Waals surface area (Å²) in [6.07, 6.45) is 7.27. The van der Waals surface area contributed by atoms with Gasteiger partial charge >= 0.3 is 0 Å². The Labute approximate surface area is 223 Å². The number of benzene rings is 2. The minimum absolute atomic E-state index is 0.564. The summed E-state index contributed by atoms with van der Waals surface area (Å²) in [4.78, 5) is 10.8. The van der Waals surface area contributed by atoms with Gasteiger partial charge in [0, 0.05) is 37.6 Å². The molecule has 0 fully saturated rings. The average Bonchev–Trinajstić information content (AvgIpc) is 3.37. The third-order valence-electron chi connectivity index (χ3n) is 6.23. The van der Waals surface area contributed by atoms with Crippen molar-refractivity contribution in [3.05, 3.63) is 107 Å². The number of hydrogen-bond donors (Lipinski definition) is 1. The molecule has 0 unspecified atom stereocenters. The molecule has 2 heterocycles. The van der Waals surface area contributed by atoms with Gasteiger partial charge in [-0.1, -0.05) is 36.4 Å². The third kappa shape index (κ3) is 6.93. The Bertz CT molecular complexity index is 1360. The largest absolute Gasteiger partial charge is 0.481 e. The standard InChI is InChI=1S/C29H30N6OS/c1-22-6-3-4-7-25(22)17-33-29(37)35(27-13-14-28(36-2)32-19-27)15-5-8-26-18-31-21-34(26)20-24-11-9-23(16-30)10-12-24/h3-4,6-7,9-14,18-19,21H,5,8,15,17,20H2,1-2H3,(H,33,37). The van der Waals surface area contributed by atoms with E-state index in [2.05, 4.69) is 49.9 Å². The van der Waals surface area contributed by atoms with Gasteiger partial charge in [-0.25, -0.2) is 9.97 Å². The lowest BCUT2D eigenvalue weighted by Gasteiger charge is -2.26. The lowest BCUT2D eigenvalue weighted by Crippen LogP contribution is -2.40. The maximum Gasteiger partial charge on any atom is 0.213 e. The third-order valence-corrected chi connectivity index (χ3v) is 6.59. The lowest BCUT2D eigenvalue weighted by molar-refractivity contribution is 0.398. The molecule has 0 saturated carbocycles. The number of hydrogen-bond acceptors (Lipinski definition) is 5. The minimum atomic E-state index is 0.564. The number of nitriles is 1. The smallest absolute Gasteiger partial charge is 0.213 e. The van der Waals surface area contributed by atoms with Crippen LogP contribution in [0.25, 0.3) is 0 Å². The summed E-state index contributed by atoms with van der Waals surface area (Å²) in [7, 11) is 1.61. The monoisotopic (exact) mass is 510 g/mol. The molecule has 2 aromatic heterocycles. The average molecular weight is 511 g/mol. The Balaban J connectivity index is 1.42. The Kier molecular flexibility index (Phi) is 8.84. The SMILES string of the molecule is COc1ccc(N(CCCc2cncn2Cc2ccc(C#N)cc2)C(=S)NCc2ccccc2C)cn1. The van der Waals surface area contributed by atoms with Gasteiger partial charge in [0.2, 0.25) is 5.88 Å². The van der Waals surface area contributed by atoms with Crippen molar-refractivity contribution in [3.63, 3.8) is 0 Å². The van der Waals surface area contributed by atoms with Crippen LogP contribution in [0.5, 0.6) is 5.88 Å². The molecule has 188 valence electrons. The Hall–Kier alpha value is -4.22. The summed E-state index contributed by atoms with van der Waals surface area (Å²) in [5, 5.41) is 13.1. The molecule has 1 N–H and O–H groups in total. The molecule has 0 aliphatic rings. The molecule has 37 heavy (non-hydrogen) atoms. The summed E-state index contributed by atoms with van der Waals surface area (Å²) in [5.74, 6) is 0.564. The quantitative estimate of drug-likeness (QED) is 0.300. The molecule has 8 heteroatoms. The highest BCUT2D eigenvalue weighted by Gasteiger charge is 2.14. The van der Waals surface area contributed by atoms with Crippen LogP contribution in [0.4, 0.5) is 5.69 Å². The highest BCUT2D eigenvalue weighted by molar-refractivity contribution is 7.80. The van der Waals surface area contributed by atoms with Crippen molar-refractivity contribution in [2.45, 2.75) is 32.9 Å². The van der Waals surface area contributed by atoms with Crippen molar-refractivity contribution in [3.8, 4) is 11.9 Å². The predicted octanol–water partition coefficient (Wildman–Crippen LogP) is 5.03. The maximum atomic E-state index is 9.03. The van der Waals surface area contributed by atoms with Gasteiger partial charge in [-0.05, 0) is 66.9 Å². The molecule has 0 aliphatic carbocycles. The van der Waals surface area contributed by atoms with Crippen LogP contribution >= 0.6 is 12.2 Å². The molecular formula is C29H30N6OS. The van der Waals surface area contributed by atoms with Crippen molar-refractivity contribution >= 4 is 23.0 Å². The van der Waals surface area contributed by atoms with E-state index >= 15 is 0 Å². The number of rotatable bonds is 10. The fourth-order valence-corrected chi connectivity index (χ4v) is 4.34. The van der Waals surface area contributed by atoms with E-state index in [0.717, 1.165) is 36.3 Å². The number of thiocarbonyl (C=S) groups is 1. The second-order valence-electron chi connectivity index (χ2n) is 8.72. The van der Waals surface area contributed by atoms with Crippen molar-refractivity contribution in [1.29, 1.82) is 5.26 Å². The number of aryl methyl sites for hydroxylation is 2. The fraction of sp³-hybridized carbons (Fsp3) is 0.241. The van der Waals surface area contributed by atoms with E-state index in [0.29, 0.717) is 29.6 Å². The highest BCUT2D eigenvalue weighted by Crippen LogP contribution is 2.18. The van der Waals surface area contributed by atoms with Crippen molar-refractivity contribution < 1.29 is 4.74 Å². The van der Waals surface area contributed by atoms with E-state index in [1.165, 1.54) is 11.1 Å². The topological polar surface area (TPSA) is 79.0 Å². The van der Waals surface area contributed by atoms with E-state index in [1.807, 2.05) is 61.1 Å². The zero-order chi connectivity index (χ0) is 26.0. The normalized spacial score (nSPS) is 10.5. The molecule has 7 nitrogen and oxygen atoms in total. The Morgan fingerprint density at radius 1 is 1.11 bits per heavy atom. The predicted molar refractivity (Wildman–Crippen MR) is 150 cm³/mol. The Morgan fingerprint density at radius 3 is 2.62 bits per heavy atom. The molecule has 2 aromatic carbocycles. The van der Waals surface area contributed by atoms with Gasteiger partial charge in [0.25, 0.3) is 0 Å². The van der Waals surface area contributed by atoms with Gasteiger partial charge < -0.3 is 19.5 Å². The number of nitrogens with zero attached hydrogens (tertiary/aromatic N) is 5. The first-order valence-corrected chi connectivity index (χ1v) is 12.6. The zero-order valence-electron chi connectivity index (χ0n) is 21.1. The van der Waals surface area contributed by atoms with Gasteiger partial charge in [0.1, 0.15) is 0 Å². The lowest BCUT2D eigenvalue weighted by atomic mass is 10.1. The van der Waals surface area contributed by atoms with Gasteiger partial charge in [0.15, 0.2) is 5.11 Å². The van der Waals surface area contributed by atoms with Gasteiger partial charge in [-0.3, -0.25) is 0 Å². The molecule has 0 amide bonds. The number of nitrogens with one attached hydrogen (secondary N) is 1. The number of imidazole rings is 1. The van der Waals surface area contributed by atoms with E-state index in [-0.39, 0.29) is 0 Å². The van der Waals surface area contributed by atoms with Crippen molar-refractivity contribution in [1.82, 2.24) is 19.9 Å². The summed E-state index contributed by atoms with van der Waals surface area (Å²) in [6, 6.07) is 21.9. The van der Waals surface area contributed by atoms with Gasteiger partial charge in [-0.15, -0.1) is 0 Å². The molecule has 0 radical (unpaired) electrons. The van der Waals surface area contributed by atoms with Crippen molar-refractivity contribution in [2.75, 3.05) is 18.6 Å². The maximum absolute atomic E-state index is 9.03. The van der Waals surface area contributed by atoms with Crippen LogP contribution in [-0.2, 0) is 19.5 Å². The molecule has 0 bridgehead atoms. The second kappa shape index (κ2) is 12.7. The van der Waals surface area contributed by atoms with Crippen LogP contribution < -0.4 is 15.0 Å².